The maximum atomic E-state index is 13.9. The van der Waals surface area contributed by atoms with E-state index >= 15 is 0 Å². The highest BCUT2D eigenvalue weighted by Crippen LogP contribution is 2.40. The van der Waals surface area contributed by atoms with Gasteiger partial charge in [0.2, 0.25) is 0 Å². The predicted molar refractivity (Wildman–Crippen MR) is 112 cm³/mol. The van der Waals surface area contributed by atoms with Crippen LogP contribution >= 0.6 is 0 Å². The Kier molecular flexibility index (Phi) is 5.69. The number of anilines is 1. The predicted octanol–water partition coefficient (Wildman–Crippen LogP) is 3.16. The molecule has 0 bridgehead atoms. The molecule has 0 unspecified atom stereocenters. The van der Waals surface area contributed by atoms with Crippen molar-refractivity contribution in [3.8, 4) is 17.1 Å². The first-order valence-corrected chi connectivity index (χ1v) is 10.4. The second kappa shape index (κ2) is 8.26. The molecule has 1 aromatic heterocycles. The quantitative estimate of drug-likeness (QED) is 0.826. The largest absolute Gasteiger partial charge is 0.494 e. The number of carbonyl (C=O) groups excluding carboxylic acids is 1. The van der Waals surface area contributed by atoms with Crippen LogP contribution in [0.2, 0.25) is 0 Å². The van der Waals surface area contributed by atoms with Crippen molar-refractivity contribution in [3.63, 3.8) is 0 Å². The molecule has 4 rings (SSSR count). The summed E-state index contributed by atoms with van der Waals surface area (Å²) in [5.74, 6) is 0.358. The lowest BCUT2D eigenvalue weighted by Crippen LogP contribution is -2.50. The zero-order chi connectivity index (χ0) is 21.3. The van der Waals surface area contributed by atoms with E-state index in [1.54, 1.807) is 11.0 Å². The van der Waals surface area contributed by atoms with Crippen molar-refractivity contribution in [2.24, 2.45) is 5.41 Å². The normalized spacial score (nSPS) is 18.5. The minimum atomic E-state index is -0.467. The molecular formula is C22H29FN4O3. The summed E-state index contributed by atoms with van der Waals surface area (Å²) < 4.78 is 24.6. The van der Waals surface area contributed by atoms with Gasteiger partial charge in [0.25, 0.3) is 5.91 Å². The van der Waals surface area contributed by atoms with Crippen molar-refractivity contribution in [2.45, 2.75) is 25.7 Å². The highest BCUT2D eigenvalue weighted by Gasteiger charge is 2.40. The fraction of sp³-hybridized carbons (Fsp3) is 0.545. The number of rotatable bonds is 4. The number of piperidine rings is 2. The standard InChI is InChI=1S/C22H29FN4O3/c1-26(2)20-18(19(30-25-20)15-5-6-16(23)17(13-15)29-3)21(28)27-12-4-7-22(14-27)8-10-24-11-9-22/h5-6,13,24H,4,7-12,14H2,1-3H3. The van der Waals surface area contributed by atoms with E-state index in [2.05, 4.69) is 10.5 Å². The van der Waals surface area contributed by atoms with Gasteiger partial charge in [0.1, 0.15) is 5.56 Å². The zero-order valence-electron chi connectivity index (χ0n) is 17.8. The Morgan fingerprint density at radius 3 is 2.77 bits per heavy atom. The van der Waals surface area contributed by atoms with Gasteiger partial charge in [-0.05, 0) is 62.4 Å². The third-order valence-electron chi connectivity index (χ3n) is 6.34. The number of likely N-dealkylation sites (tertiary alicyclic amines) is 1. The Hall–Kier alpha value is -2.61. The second-order valence-corrected chi connectivity index (χ2v) is 8.53. The fourth-order valence-electron chi connectivity index (χ4n) is 4.68. The SMILES string of the molecule is COc1cc(-c2onc(N(C)C)c2C(=O)N2CCCC3(CCNCC3)C2)ccc1F. The maximum Gasteiger partial charge on any atom is 0.261 e. The highest BCUT2D eigenvalue weighted by molar-refractivity contribution is 6.04. The first-order chi connectivity index (χ1) is 14.4. The number of hydrogen-bond acceptors (Lipinski definition) is 6. The molecule has 1 spiro atoms. The van der Waals surface area contributed by atoms with Crippen molar-refractivity contribution in [3.05, 3.63) is 29.6 Å². The Morgan fingerprint density at radius 2 is 2.07 bits per heavy atom. The highest BCUT2D eigenvalue weighted by atomic mass is 19.1. The van der Waals surface area contributed by atoms with E-state index in [1.807, 2.05) is 19.0 Å². The summed E-state index contributed by atoms with van der Waals surface area (Å²) in [6.45, 7) is 3.47. The number of nitrogens with one attached hydrogen (secondary N) is 1. The van der Waals surface area contributed by atoms with Crippen molar-refractivity contribution in [2.75, 3.05) is 52.3 Å². The molecule has 1 aromatic carbocycles. The van der Waals surface area contributed by atoms with E-state index in [1.165, 1.54) is 19.2 Å². The molecule has 2 aromatic rings. The number of methoxy groups -OCH3 is 1. The minimum Gasteiger partial charge on any atom is -0.494 e. The van der Waals surface area contributed by atoms with Gasteiger partial charge in [-0.3, -0.25) is 4.79 Å². The lowest BCUT2D eigenvalue weighted by atomic mass is 9.73. The van der Waals surface area contributed by atoms with Crippen molar-refractivity contribution in [1.29, 1.82) is 0 Å². The third-order valence-corrected chi connectivity index (χ3v) is 6.34. The Balaban J connectivity index is 1.70. The van der Waals surface area contributed by atoms with Crippen molar-refractivity contribution < 1.29 is 18.4 Å². The van der Waals surface area contributed by atoms with Crippen LogP contribution in [0.15, 0.2) is 22.7 Å². The van der Waals surface area contributed by atoms with E-state index < -0.39 is 5.82 Å². The molecule has 2 fully saturated rings. The van der Waals surface area contributed by atoms with Gasteiger partial charge in [-0.2, -0.15) is 0 Å². The number of ether oxygens (including phenoxy) is 1. The average molecular weight is 416 g/mol. The van der Waals surface area contributed by atoms with Gasteiger partial charge in [0.05, 0.1) is 7.11 Å². The number of hydrogen-bond donors (Lipinski definition) is 1. The van der Waals surface area contributed by atoms with Gasteiger partial charge in [-0.15, -0.1) is 0 Å². The molecular weight excluding hydrogens is 387 g/mol. The second-order valence-electron chi connectivity index (χ2n) is 8.53. The van der Waals surface area contributed by atoms with E-state index in [-0.39, 0.29) is 17.1 Å². The molecule has 0 radical (unpaired) electrons. The van der Waals surface area contributed by atoms with Crippen LogP contribution in [0.1, 0.15) is 36.0 Å². The molecule has 2 saturated heterocycles. The van der Waals surface area contributed by atoms with Gasteiger partial charge >= 0.3 is 0 Å². The van der Waals surface area contributed by atoms with E-state index in [0.717, 1.165) is 51.9 Å². The summed E-state index contributed by atoms with van der Waals surface area (Å²) in [7, 11) is 5.06. The summed E-state index contributed by atoms with van der Waals surface area (Å²) in [5.41, 5.74) is 1.17. The topological polar surface area (TPSA) is 70.8 Å². The Labute approximate surface area is 176 Å². The number of halogens is 1. The van der Waals surface area contributed by atoms with Crippen LogP contribution in [0.25, 0.3) is 11.3 Å². The van der Waals surface area contributed by atoms with Crippen molar-refractivity contribution >= 4 is 11.7 Å². The molecule has 7 nitrogen and oxygen atoms in total. The van der Waals surface area contributed by atoms with Crippen LogP contribution in [-0.4, -0.2) is 63.3 Å². The van der Waals surface area contributed by atoms with Crippen molar-refractivity contribution in [1.82, 2.24) is 15.4 Å². The first kappa shape index (κ1) is 20.7. The molecule has 2 aliphatic rings. The van der Waals surface area contributed by atoms with Crippen LogP contribution in [0.3, 0.4) is 0 Å². The molecule has 3 heterocycles. The monoisotopic (exact) mass is 416 g/mol. The lowest BCUT2D eigenvalue weighted by Gasteiger charge is -2.45. The minimum absolute atomic E-state index is 0.0872. The zero-order valence-corrected chi connectivity index (χ0v) is 17.8. The number of benzene rings is 1. The molecule has 2 aliphatic heterocycles. The molecule has 0 atom stereocenters. The molecule has 1 amide bonds. The van der Waals surface area contributed by atoms with Gasteiger partial charge in [0.15, 0.2) is 23.1 Å². The van der Waals surface area contributed by atoms with E-state index in [9.17, 15) is 9.18 Å². The number of amides is 1. The van der Waals surface area contributed by atoms with Gasteiger partial charge in [-0.25, -0.2) is 4.39 Å². The molecule has 1 N–H and O–H groups in total. The molecule has 8 heteroatoms. The van der Waals surface area contributed by atoms with Crippen LogP contribution in [0.5, 0.6) is 5.75 Å². The molecule has 30 heavy (non-hydrogen) atoms. The van der Waals surface area contributed by atoms with Gasteiger partial charge in [0, 0.05) is 32.7 Å². The number of nitrogens with zero attached hydrogens (tertiary/aromatic N) is 3. The lowest BCUT2D eigenvalue weighted by molar-refractivity contribution is 0.0412. The number of aromatic nitrogens is 1. The fourth-order valence-corrected chi connectivity index (χ4v) is 4.68. The van der Waals surface area contributed by atoms with E-state index in [4.69, 9.17) is 9.26 Å². The summed E-state index contributed by atoms with van der Waals surface area (Å²) in [6.07, 6.45) is 4.32. The third kappa shape index (κ3) is 3.76. The van der Waals surface area contributed by atoms with Crippen LogP contribution in [0.4, 0.5) is 10.2 Å². The maximum absolute atomic E-state index is 13.9. The number of carbonyl (C=O) groups is 1. The molecule has 0 saturated carbocycles. The Bertz CT molecular complexity index is 916. The summed E-state index contributed by atoms with van der Waals surface area (Å²) in [5, 5.41) is 7.57. The van der Waals surface area contributed by atoms with Crippen LogP contribution in [0, 0.1) is 11.2 Å². The summed E-state index contributed by atoms with van der Waals surface area (Å²) in [6, 6.07) is 4.43. The summed E-state index contributed by atoms with van der Waals surface area (Å²) >= 11 is 0. The average Bonchev–Trinajstić information content (AvgIpc) is 3.19. The Morgan fingerprint density at radius 1 is 1.30 bits per heavy atom. The molecule has 162 valence electrons. The first-order valence-electron chi connectivity index (χ1n) is 10.4. The smallest absolute Gasteiger partial charge is 0.261 e. The van der Waals surface area contributed by atoms with Crippen LogP contribution < -0.4 is 15.0 Å². The molecule has 0 aliphatic carbocycles. The van der Waals surface area contributed by atoms with Crippen LogP contribution in [-0.2, 0) is 0 Å². The van der Waals surface area contributed by atoms with Gasteiger partial charge < -0.3 is 24.4 Å². The van der Waals surface area contributed by atoms with Gasteiger partial charge in [-0.1, -0.05) is 5.16 Å². The van der Waals surface area contributed by atoms with E-state index in [0.29, 0.717) is 22.7 Å². The summed E-state index contributed by atoms with van der Waals surface area (Å²) in [4.78, 5) is 17.4.